The van der Waals surface area contributed by atoms with E-state index in [4.69, 9.17) is 11.6 Å². The molecule has 0 radical (unpaired) electrons. The van der Waals surface area contributed by atoms with Crippen molar-refractivity contribution in [2.75, 3.05) is 5.88 Å². The maximum atomic E-state index is 11.5. The number of amides is 1. The number of halogens is 1. The number of alkyl halides is 1. The van der Waals surface area contributed by atoms with Crippen LogP contribution in [0.3, 0.4) is 0 Å². The standard InChI is InChI=1S/C13H18ClNO/c1-10-5-7-12(8-6-10)11(2)15-13(16)4-3-9-14/h5-8,11H,3-4,9H2,1-2H3,(H,15,16). The molecule has 3 heteroatoms. The number of carbonyl (C=O) groups excluding carboxylic acids is 1. The molecule has 0 aliphatic heterocycles. The van der Waals surface area contributed by atoms with E-state index in [1.165, 1.54) is 5.56 Å². The molecule has 0 aromatic heterocycles. The minimum absolute atomic E-state index is 0.0587. The first-order valence-electron chi connectivity index (χ1n) is 5.55. The van der Waals surface area contributed by atoms with Gasteiger partial charge < -0.3 is 5.32 Å². The zero-order valence-corrected chi connectivity index (χ0v) is 10.6. The van der Waals surface area contributed by atoms with Crippen LogP contribution in [0.2, 0.25) is 0 Å². The van der Waals surface area contributed by atoms with E-state index in [0.29, 0.717) is 12.3 Å². The Bertz CT molecular complexity index is 334. The third-order valence-electron chi connectivity index (χ3n) is 2.49. The van der Waals surface area contributed by atoms with Crippen molar-refractivity contribution in [3.05, 3.63) is 35.4 Å². The molecule has 1 unspecified atom stereocenters. The summed E-state index contributed by atoms with van der Waals surface area (Å²) in [7, 11) is 0. The molecule has 0 heterocycles. The molecule has 0 fully saturated rings. The summed E-state index contributed by atoms with van der Waals surface area (Å²) >= 11 is 5.54. The lowest BCUT2D eigenvalue weighted by atomic mass is 10.1. The highest BCUT2D eigenvalue weighted by molar-refractivity contribution is 6.17. The van der Waals surface area contributed by atoms with Crippen molar-refractivity contribution in [2.45, 2.75) is 32.7 Å². The van der Waals surface area contributed by atoms with Crippen LogP contribution in [0, 0.1) is 6.92 Å². The lowest BCUT2D eigenvalue weighted by Crippen LogP contribution is -2.26. The Morgan fingerprint density at radius 3 is 2.56 bits per heavy atom. The van der Waals surface area contributed by atoms with Gasteiger partial charge in [0.2, 0.25) is 5.91 Å². The van der Waals surface area contributed by atoms with Crippen LogP contribution in [-0.2, 0) is 4.79 Å². The smallest absolute Gasteiger partial charge is 0.220 e. The molecule has 1 aromatic carbocycles. The lowest BCUT2D eigenvalue weighted by molar-refractivity contribution is -0.121. The fourth-order valence-electron chi connectivity index (χ4n) is 1.48. The molecule has 0 spiro atoms. The van der Waals surface area contributed by atoms with Gasteiger partial charge in [0.1, 0.15) is 0 Å². The van der Waals surface area contributed by atoms with Crippen LogP contribution < -0.4 is 5.32 Å². The Morgan fingerprint density at radius 2 is 2.00 bits per heavy atom. The van der Waals surface area contributed by atoms with Crippen LogP contribution >= 0.6 is 11.6 Å². The van der Waals surface area contributed by atoms with E-state index in [2.05, 4.69) is 17.4 Å². The Balaban J connectivity index is 2.48. The topological polar surface area (TPSA) is 29.1 Å². The molecular weight excluding hydrogens is 222 g/mol. The molecule has 0 bridgehead atoms. The van der Waals surface area contributed by atoms with Crippen LogP contribution in [0.25, 0.3) is 0 Å². The number of rotatable bonds is 5. The molecule has 0 saturated heterocycles. The molecule has 0 aliphatic rings. The number of nitrogens with one attached hydrogen (secondary N) is 1. The molecule has 88 valence electrons. The molecular formula is C13H18ClNO. The number of hydrogen-bond donors (Lipinski definition) is 1. The van der Waals surface area contributed by atoms with Gasteiger partial charge in [-0.05, 0) is 25.8 Å². The van der Waals surface area contributed by atoms with Gasteiger partial charge in [0.15, 0.2) is 0 Å². The minimum Gasteiger partial charge on any atom is -0.350 e. The average Bonchev–Trinajstić information content (AvgIpc) is 2.27. The van der Waals surface area contributed by atoms with Crippen LogP contribution in [0.5, 0.6) is 0 Å². The van der Waals surface area contributed by atoms with Gasteiger partial charge in [-0.1, -0.05) is 29.8 Å². The van der Waals surface area contributed by atoms with E-state index in [0.717, 1.165) is 12.0 Å². The first kappa shape index (κ1) is 13.0. The summed E-state index contributed by atoms with van der Waals surface area (Å²) in [4.78, 5) is 11.5. The summed E-state index contributed by atoms with van der Waals surface area (Å²) in [6.45, 7) is 4.04. The molecule has 0 aliphatic carbocycles. The second kappa shape index (κ2) is 6.54. The maximum absolute atomic E-state index is 11.5. The van der Waals surface area contributed by atoms with E-state index in [9.17, 15) is 4.79 Å². The Labute approximate surface area is 102 Å². The maximum Gasteiger partial charge on any atom is 0.220 e. The fraction of sp³-hybridized carbons (Fsp3) is 0.462. The van der Waals surface area contributed by atoms with Crippen molar-refractivity contribution in [1.82, 2.24) is 5.32 Å². The summed E-state index contributed by atoms with van der Waals surface area (Å²) in [5.74, 6) is 0.598. The molecule has 2 nitrogen and oxygen atoms in total. The predicted molar refractivity (Wildman–Crippen MR) is 67.7 cm³/mol. The van der Waals surface area contributed by atoms with Crippen molar-refractivity contribution in [3.8, 4) is 0 Å². The number of benzene rings is 1. The van der Waals surface area contributed by atoms with Crippen LogP contribution in [0.4, 0.5) is 0 Å². The van der Waals surface area contributed by atoms with Crippen molar-refractivity contribution in [1.29, 1.82) is 0 Å². The molecule has 1 rings (SSSR count). The molecule has 0 saturated carbocycles. The van der Waals surface area contributed by atoms with Gasteiger partial charge in [-0.2, -0.15) is 0 Å². The second-order valence-corrected chi connectivity index (χ2v) is 4.37. The van der Waals surface area contributed by atoms with Gasteiger partial charge in [0, 0.05) is 12.3 Å². The summed E-state index contributed by atoms with van der Waals surface area (Å²) in [6.07, 6.45) is 1.23. The van der Waals surface area contributed by atoms with Gasteiger partial charge in [-0.15, -0.1) is 11.6 Å². The van der Waals surface area contributed by atoms with Crippen molar-refractivity contribution in [3.63, 3.8) is 0 Å². The van der Waals surface area contributed by atoms with Gasteiger partial charge >= 0.3 is 0 Å². The van der Waals surface area contributed by atoms with Gasteiger partial charge in [-0.3, -0.25) is 4.79 Å². The number of carbonyl (C=O) groups is 1. The van der Waals surface area contributed by atoms with E-state index in [-0.39, 0.29) is 11.9 Å². The second-order valence-electron chi connectivity index (χ2n) is 3.99. The highest BCUT2D eigenvalue weighted by Crippen LogP contribution is 2.13. The van der Waals surface area contributed by atoms with Crippen molar-refractivity contribution >= 4 is 17.5 Å². The summed E-state index contributed by atoms with van der Waals surface area (Å²) in [5.41, 5.74) is 2.36. The Hall–Kier alpha value is -1.02. The summed E-state index contributed by atoms with van der Waals surface area (Å²) in [5, 5.41) is 2.95. The molecule has 1 atom stereocenters. The fourth-order valence-corrected chi connectivity index (χ4v) is 1.61. The molecule has 16 heavy (non-hydrogen) atoms. The Kier molecular flexibility index (Phi) is 5.33. The van der Waals surface area contributed by atoms with Crippen molar-refractivity contribution < 1.29 is 4.79 Å². The quantitative estimate of drug-likeness (QED) is 0.786. The first-order valence-corrected chi connectivity index (χ1v) is 6.09. The molecule has 1 amide bonds. The van der Waals surface area contributed by atoms with E-state index in [1.54, 1.807) is 0 Å². The Morgan fingerprint density at radius 1 is 1.38 bits per heavy atom. The third kappa shape index (κ3) is 4.23. The highest BCUT2D eigenvalue weighted by Gasteiger charge is 2.08. The third-order valence-corrected chi connectivity index (χ3v) is 2.76. The van der Waals surface area contributed by atoms with Crippen LogP contribution in [0.15, 0.2) is 24.3 Å². The number of hydrogen-bond acceptors (Lipinski definition) is 1. The van der Waals surface area contributed by atoms with Gasteiger partial charge in [0.25, 0.3) is 0 Å². The first-order chi connectivity index (χ1) is 7.63. The van der Waals surface area contributed by atoms with E-state index < -0.39 is 0 Å². The normalized spacial score (nSPS) is 12.2. The summed E-state index contributed by atoms with van der Waals surface area (Å²) < 4.78 is 0. The SMILES string of the molecule is Cc1ccc(C(C)NC(=O)CCCCl)cc1. The van der Waals surface area contributed by atoms with Gasteiger partial charge in [0.05, 0.1) is 6.04 Å². The monoisotopic (exact) mass is 239 g/mol. The predicted octanol–water partition coefficient (Wildman–Crippen LogP) is 3.19. The molecule has 1 aromatic rings. The van der Waals surface area contributed by atoms with Gasteiger partial charge in [-0.25, -0.2) is 0 Å². The number of aryl methyl sites for hydroxylation is 1. The minimum atomic E-state index is 0.0587. The van der Waals surface area contributed by atoms with E-state index in [1.807, 2.05) is 26.0 Å². The zero-order valence-electron chi connectivity index (χ0n) is 9.79. The largest absolute Gasteiger partial charge is 0.350 e. The molecule has 1 N–H and O–H groups in total. The van der Waals surface area contributed by atoms with Crippen molar-refractivity contribution in [2.24, 2.45) is 0 Å². The van der Waals surface area contributed by atoms with Crippen LogP contribution in [0.1, 0.15) is 36.9 Å². The highest BCUT2D eigenvalue weighted by atomic mass is 35.5. The van der Waals surface area contributed by atoms with Crippen LogP contribution in [-0.4, -0.2) is 11.8 Å². The average molecular weight is 240 g/mol. The van der Waals surface area contributed by atoms with E-state index >= 15 is 0 Å². The summed E-state index contributed by atoms with van der Waals surface area (Å²) in [6, 6.07) is 8.25. The lowest BCUT2D eigenvalue weighted by Gasteiger charge is -2.14. The zero-order chi connectivity index (χ0) is 12.0.